The number of para-hydroxylation sites is 2. The van der Waals surface area contributed by atoms with E-state index in [1.165, 1.54) is 18.3 Å². The molecule has 1 aromatic heterocycles. The molecule has 6 heteroatoms. The first kappa shape index (κ1) is 14.0. The normalized spacial score (nSPS) is 11.9. The number of hydrogen-bond acceptors (Lipinski definition) is 5. The Morgan fingerprint density at radius 1 is 1.35 bits per heavy atom. The molecule has 1 N–H and O–H groups in total. The summed E-state index contributed by atoms with van der Waals surface area (Å²) in [6, 6.07) is 9.38. The highest BCUT2D eigenvalue weighted by molar-refractivity contribution is 5.47. The number of ether oxygens (including phenoxy) is 1. The van der Waals surface area contributed by atoms with Gasteiger partial charge in [-0.3, -0.25) is 15.1 Å². The van der Waals surface area contributed by atoms with Crippen molar-refractivity contribution in [1.82, 2.24) is 4.98 Å². The zero-order valence-corrected chi connectivity index (χ0v) is 10.9. The van der Waals surface area contributed by atoms with Gasteiger partial charge in [-0.2, -0.15) is 0 Å². The average molecular weight is 274 g/mol. The van der Waals surface area contributed by atoms with Gasteiger partial charge in [0.15, 0.2) is 0 Å². The van der Waals surface area contributed by atoms with Crippen molar-refractivity contribution in [2.75, 3.05) is 0 Å². The molecule has 0 saturated heterocycles. The maximum absolute atomic E-state index is 10.9. The number of aliphatic hydroxyl groups excluding tert-OH is 1. The molecule has 20 heavy (non-hydrogen) atoms. The summed E-state index contributed by atoms with van der Waals surface area (Å²) in [6.45, 7) is 1.85. The number of nitrogens with zero attached hydrogens (tertiary/aromatic N) is 2. The Kier molecular flexibility index (Phi) is 4.27. The fourth-order valence-corrected chi connectivity index (χ4v) is 1.68. The second-order valence-corrected chi connectivity index (χ2v) is 4.17. The van der Waals surface area contributed by atoms with Crippen molar-refractivity contribution >= 4 is 5.69 Å². The van der Waals surface area contributed by atoms with E-state index in [2.05, 4.69) is 4.98 Å². The average Bonchev–Trinajstić information content (AvgIpc) is 2.47. The van der Waals surface area contributed by atoms with Crippen molar-refractivity contribution < 1.29 is 14.8 Å². The minimum absolute atomic E-state index is 0.106. The Bertz CT molecular complexity index is 598. The molecule has 1 heterocycles. The second-order valence-electron chi connectivity index (χ2n) is 4.17. The zero-order valence-electron chi connectivity index (χ0n) is 10.9. The van der Waals surface area contributed by atoms with E-state index < -0.39 is 11.0 Å². The SMILES string of the molecule is CCC(O)c1ccc(Oc2ccccc2[N+](=O)[O-])cn1. The van der Waals surface area contributed by atoms with Crippen molar-refractivity contribution in [3.8, 4) is 11.5 Å². The van der Waals surface area contributed by atoms with Crippen LogP contribution in [-0.4, -0.2) is 15.0 Å². The number of hydrogen-bond donors (Lipinski definition) is 1. The molecule has 104 valence electrons. The van der Waals surface area contributed by atoms with Gasteiger partial charge < -0.3 is 9.84 Å². The van der Waals surface area contributed by atoms with Crippen LogP contribution in [0.25, 0.3) is 0 Å². The highest BCUT2D eigenvalue weighted by atomic mass is 16.6. The van der Waals surface area contributed by atoms with Crippen LogP contribution in [0.2, 0.25) is 0 Å². The molecule has 2 rings (SSSR count). The predicted octanol–water partition coefficient (Wildman–Crippen LogP) is 3.23. The van der Waals surface area contributed by atoms with E-state index in [0.717, 1.165) is 0 Å². The van der Waals surface area contributed by atoms with Gasteiger partial charge in [-0.25, -0.2) is 0 Å². The standard InChI is InChI=1S/C14H14N2O4/c1-2-13(17)11-8-7-10(9-15-11)20-14-6-4-3-5-12(14)16(18)19/h3-9,13,17H,2H2,1H3. The van der Waals surface area contributed by atoms with Crippen molar-refractivity contribution in [2.45, 2.75) is 19.4 Å². The molecule has 6 nitrogen and oxygen atoms in total. The van der Waals surface area contributed by atoms with Crippen LogP contribution in [-0.2, 0) is 0 Å². The number of aromatic nitrogens is 1. The molecule has 0 spiro atoms. The minimum atomic E-state index is -0.616. The second kappa shape index (κ2) is 6.12. The summed E-state index contributed by atoms with van der Waals surface area (Å²) < 4.78 is 5.45. The van der Waals surface area contributed by atoms with Crippen LogP contribution in [0.15, 0.2) is 42.6 Å². The topological polar surface area (TPSA) is 85.5 Å². The predicted molar refractivity (Wildman–Crippen MR) is 72.7 cm³/mol. The Balaban J connectivity index is 2.20. The van der Waals surface area contributed by atoms with E-state index >= 15 is 0 Å². The fourth-order valence-electron chi connectivity index (χ4n) is 1.68. The molecule has 0 radical (unpaired) electrons. The Hall–Kier alpha value is -2.47. The molecule has 0 amide bonds. The first-order chi connectivity index (χ1) is 9.61. The van der Waals surface area contributed by atoms with Crippen molar-refractivity contribution in [2.24, 2.45) is 0 Å². The van der Waals surface area contributed by atoms with E-state index in [0.29, 0.717) is 17.9 Å². The third kappa shape index (κ3) is 3.10. The maximum Gasteiger partial charge on any atom is 0.311 e. The van der Waals surface area contributed by atoms with Gasteiger partial charge in [0.25, 0.3) is 0 Å². The number of nitro benzene ring substituents is 1. The van der Waals surface area contributed by atoms with Crippen molar-refractivity contribution in [1.29, 1.82) is 0 Å². The van der Waals surface area contributed by atoms with Gasteiger partial charge in [0.2, 0.25) is 5.75 Å². The summed E-state index contributed by atoms with van der Waals surface area (Å²) in [5.74, 6) is 0.537. The largest absolute Gasteiger partial charge is 0.449 e. The molecule has 0 aliphatic rings. The smallest absolute Gasteiger partial charge is 0.311 e. The lowest BCUT2D eigenvalue weighted by molar-refractivity contribution is -0.385. The van der Waals surface area contributed by atoms with Crippen LogP contribution in [0.1, 0.15) is 25.1 Å². The molecule has 1 aromatic carbocycles. The van der Waals surface area contributed by atoms with E-state index in [-0.39, 0.29) is 11.4 Å². The summed E-state index contributed by atoms with van der Waals surface area (Å²) >= 11 is 0. The lowest BCUT2D eigenvalue weighted by Crippen LogP contribution is -1.99. The first-order valence-corrected chi connectivity index (χ1v) is 6.17. The van der Waals surface area contributed by atoms with Crippen molar-refractivity contribution in [3.63, 3.8) is 0 Å². The third-order valence-corrected chi connectivity index (χ3v) is 2.78. The van der Waals surface area contributed by atoms with E-state index in [1.54, 1.807) is 24.3 Å². The quantitative estimate of drug-likeness (QED) is 0.668. The molecule has 0 bridgehead atoms. The Morgan fingerprint density at radius 2 is 2.10 bits per heavy atom. The number of pyridine rings is 1. The fraction of sp³-hybridized carbons (Fsp3) is 0.214. The van der Waals surface area contributed by atoms with Crippen LogP contribution >= 0.6 is 0 Å². The van der Waals surface area contributed by atoms with Crippen LogP contribution in [0.3, 0.4) is 0 Å². The number of rotatable bonds is 5. The molecule has 0 aliphatic heterocycles. The highest BCUT2D eigenvalue weighted by Gasteiger charge is 2.14. The molecule has 0 saturated carbocycles. The van der Waals surface area contributed by atoms with Gasteiger partial charge in [0, 0.05) is 6.07 Å². The molecule has 2 aromatic rings. The minimum Gasteiger partial charge on any atom is -0.449 e. The van der Waals surface area contributed by atoms with E-state index in [4.69, 9.17) is 4.74 Å². The number of nitro groups is 1. The summed E-state index contributed by atoms with van der Waals surface area (Å²) in [4.78, 5) is 14.4. The van der Waals surface area contributed by atoms with E-state index in [1.807, 2.05) is 6.92 Å². The third-order valence-electron chi connectivity index (χ3n) is 2.78. The van der Waals surface area contributed by atoms with Gasteiger partial charge in [-0.05, 0) is 24.6 Å². The number of benzene rings is 1. The van der Waals surface area contributed by atoms with Gasteiger partial charge in [-0.15, -0.1) is 0 Å². The molecule has 0 fully saturated rings. The Labute approximate surface area is 115 Å². The van der Waals surface area contributed by atoms with Crippen LogP contribution in [0, 0.1) is 10.1 Å². The summed E-state index contributed by atoms with van der Waals surface area (Å²) in [6.07, 6.45) is 1.39. The van der Waals surface area contributed by atoms with Crippen LogP contribution in [0.5, 0.6) is 11.5 Å². The number of aliphatic hydroxyl groups is 1. The van der Waals surface area contributed by atoms with Crippen LogP contribution < -0.4 is 4.74 Å². The molecular formula is C14H14N2O4. The van der Waals surface area contributed by atoms with Gasteiger partial charge >= 0.3 is 5.69 Å². The van der Waals surface area contributed by atoms with Crippen molar-refractivity contribution in [3.05, 3.63) is 58.4 Å². The first-order valence-electron chi connectivity index (χ1n) is 6.17. The van der Waals surface area contributed by atoms with Gasteiger partial charge in [0.1, 0.15) is 5.75 Å². The zero-order chi connectivity index (χ0) is 14.5. The summed E-state index contributed by atoms with van der Waals surface area (Å²) in [5.41, 5.74) is 0.438. The molecular weight excluding hydrogens is 260 g/mol. The lowest BCUT2D eigenvalue weighted by Gasteiger charge is -2.09. The Morgan fingerprint density at radius 3 is 2.70 bits per heavy atom. The highest BCUT2D eigenvalue weighted by Crippen LogP contribution is 2.30. The van der Waals surface area contributed by atoms with Gasteiger partial charge in [-0.1, -0.05) is 19.1 Å². The molecule has 0 aliphatic carbocycles. The van der Waals surface area contributed by atoms with Gasteiger partial charge in [0.05, 0.1) is 22.9 Å². The lowest BCUT2D eigenvalue weighted by atomic mass is 10.2. The van der Waals surface area contributed by atoms with E-state index in [9.17, 15) is 15.2 Å². The summed E-state index contributed by atoms with van der Waals surface area (Å²) in [5, 5.41) is 20.5. The van der Waals surface area contributed by atoms with Crippen LogP contribution in [0.4, 0.5) is 5.69 Å². The monoisotopic (exact) mass is 274 g/mol. The molecule has 1 unspecified atom stereocenters. The summed E-state index contributed by atoms with van der Waals surface area (Å²) in [7, 11) is 0. The maximum atomic E-state index is 10.9. The molecule has 1 atom stereocenters.